The van der Waals surface area contributed by atoms with Crippen molar-refractivity contribution in [3.63, 3.8) is 0 Å². The number of likely N-dealkylation sites (tertiary alicyclic amines) is 1. The zero-order chi connectivity index (χ0) is 27.8. The first-order valence-electron chi connectivity index (χ1n) is 13.9. The quantitative estimate of drug-likeness (QED) is 0.375. The second-order valence-electron chi connectivity index (χ2n) is 10.3. The van der Waals surface area contributed by atoms with Gasteiger partial charge in [0.05, 0.1) is 19.6 Å². The van der Waals surface area contributed by atoms with Crippen molar-refractivity contribution >= 4 is 11.9 Å². The van der Waals surface area contributed by atoms with Gasteiger partial charge in [0.15, 0.2) is 11.5 Å². The third kappa shape index (κ3) is 6.83. The summed E-state index contributed by atoms with van der Waals surface area (Å²) in [5, 5.41) is 10.5. The fourth-order valence-electron chi connectivity index (χ4n) is 5.88. The fraction of sp³-hybridized carbons (Fsp3) is 0.533. The van der Waals surface area contributed by atoms with E-state index in [4.69, 9.17) is 19.9 Å². The SMILES string of the molecule is CCCCN(CCN)C(=O)CN1CC(c2ccc3c(c2)OCO3)C(C(=O)O)C1CCCc1ccccc1OC. The van der Waals surface area contributed by atoms with Crippen LogP contribution in [-0.2, 0) is 16.0 Å². The number of nitrogens with two attached hydrogens (primary N) is 1. The van der Waals surface area contributed by atoms with Crippen LogP contribution in [0, 0.1) is 5.92 Å². The third-order valence-corrected chi connectivity index (χ3v) is 7.87. The number of rotatable bonds is 14. The molecule has 9 nitrogen and oxygen atoms in total. The second-order valence-corrected chi connectivity index (χ2v) is 10.3. The molecule has 1 fully saturated rings. The van der Waals surface area contributed by atoms with E-state index < -0.39 is 11.9 Å². The Bertz CT molecular complexity index is 1130. The Morgan fingerprint density at radius 3 is 2.67 bits per heavy atom. The summed E-state index contributed by atoms with van der Waals surface area (Å²) in [4.78, 5) is 30.1. The van der Waals surface area contributed by atoms with Gasteiger partial charge in [-0.25, -0.2) is 0 Å². The number of ether oxygens (including phenoxy) is 3. The van der Waals surface area contributed by atoms with Crippen LogP contribution in [0.25, 0.3) is 0 Å². The Balaban J connectivity index is 1.57. The Labute approximate surface area is 230 Å². The van der Waals surface area contributed by atoms with E-state index in [0.717, 1.165) is 42.6 Å². The predicted octanol–water partition coefficient (Wildman–Crippen LogP) is 3.50. The molecule has 0 bridgehead atoms. The van der Waals surface area contributed by atoms with E-state index >= 15 is 0 Å². The Morgan fingerprint density at radius 2 is 1.92 bits per heavy atom. The molecular weight excluding hydrogens is 498 g/mol. The number of nitrogens with zero attached hydrogens (tertiary/aromatic N) is 2. The summed E-state index contributed by atoms with van der Waals surface area (Å²) in [6, 6.07) is 13.3. The molecule has 3 N–H and O–H groups in total. The predicted molar refractivity (Wildman–Crippen MR) is 148 cm³/mol. The lowest BCUT2D eigenvalue weighted by Gasteiger charge is -2.29. The molecule has 4 rings (SSSR count). The number of methoxy groups -OCH3 is 1. The van der Waals surface area contributed by atoms with Crippen molar-refractivity contribution in [3.05, 3.63) is 53.6 Å². The minimum absolute atomic E-state index is 0.000830. The molecular formula is C30H41N3O6. The van der Waals surface area contributed by atoms with Gasteiger partial charge < -0.3 is 30.0 Å². The molecule has 0 spiro atoms. The number of carboxylic acids is 1. The first-order chi connectivity index (χ1) is 19.0. The van der Waals surface area contributed by atoms with Crippen LogP contribution in [0.15, 0.2) is 42.5 Å². The number of carbonyl (C=O) groups excluding carboxylic acids is 1. The van der Waals surface area contributed by atoms with Crippen LogP contribution in [0.4, 0.5) is 0 Å². The van der Waals surface area contributed by atoms with Crippen molar-refractivity contribution in [2.24, 2.45) is 11.7 Å². The molecule has 2 aromatic carbocycles. The van der Waals surface area contributed by atoms with Gasteiger partial charge in [-0.2, -0.15) is 0 Å². The van der Waals surface area contributed by atoms with Crippen molar-refractivity contribution in [2.45, 2.75) is 51.0 Å². The number of amides is 1. The smallest absolute Gasteiger partial charge is 0.308 e. The number of aliphatic carboxylic acids is 1. The van der Waals surface area contributed by atoms with E-state index in [2.05, 4.69) is 11.8 Å². The van der Waals surface area contributed by atoms with Gasteiger partial charge in [-0.15, -0.1) is 0 Å². The number of carboxylic acid groups (broad SMARTS) is 1. The minimum Gasteiger partial charge on any atom is -0.496 e. The van der Waals surface area contributed by atoms with Gasteiger partial charge >= 0.3 is 5.97 Å². The highest BCUT2D eigenvalue weighted by atomic mass is 16.7. The average molecular weight is 540 g/mol. The third-order valence-electron chi connectivity index (χ3n) is 7.87. The maximum atomic E-state index is 13.4. The van der Waals surface area contributed by atoms with Crippen LogP contribution in [0.5, 0.6) is 17.2 Å². The van der Waals surface area contributed by atoms with Gasteiger partial charge in [0.2, 0.25) is 12.7 Å². The lowest BCUT2D eigenvalue weighted by atomic mass is 9.83. The number of benzene rings is 2. The molecule has 1 saturated heterocycles. The molecule has 0 radical (unpaired) electrons. The van der Waals surface area contributed by atoms with Crippen LogP contribution in [0.2, 0.25) is 0 Å². The summed E-state index contributed by atoms with van der Waals surface area (Å²) in [7, 11) is 1.66. The number of carbonyl (C=O) groups is 2. The molecule has 0 saturated carbocycles. The van der Waals surface area contributed by atoms with Gasteiger partial charge in [-0.1, -0.05) is 37.6 Å². The Morgan fingerprint density at radius 1 is 1.13 bits per heavy atom. The maximum absolute atomic E-state index is 13.4. The summed E-state index contributed by atoms with van der Waals surface area (Å²) < 4.78 is 16.5. The van der Waals surface area contributed by atoms with Gasteiger partial charge in [0, 0.05) is 38.1 Å². The summed E-state index contributed by atoms with van der Waals surface area (Å²) >= 11 is 0. The van der Waals surface area contributed by atoms with Crippen molar-refractivity contribution in [3.8, 4) is 17.2 Å². The molecule has 9 heteroatoms. The van der Waals surface area contributed by atoms with Gasteiger partial charge in [0.1, 0.15) is 5.75 Å². The van der Waals surface area contributed by atoms with Crippen molar-refractivity contribution < 1.29 is 28.9 Å². The number of unbranched alkanes of at least 4 members (excludes halogenated alkanes) is 1. The molecule has 2 aliphatic heterocycles. The standard InChI is InChI=1S/C30H41N3O6/c1-3-4-15-32(16-14-31)28(34)19-33-18-23(22-12-13-26-27(17-22)39-20-38-26)29(30(35)36)24(33)10-7-9-21-8-5-6-11-25(21)37-2/h5-6,8,11-13,17,23-24,29H,3-4,7,9-10,14-16,18-20,31H2,1-2H3,(H,35,36). The summed E-state index contributed by atoms with van der Waals surface area (Å²) in [6.45, 7) is 4.46. The average Bonchev–Trinajstić information content (AvgIpc) is 3.55. The minimum atomic E-state index is -0.847. The first-order valence-corrected chi connectivity index (χ1v) is 13.9. The van der Waals surface area contributed by atoms with Crippen molar-refractivity contribution in [2.75, 3.05) is 46.6 Å². The highest BCUT2D eigenvalue weighted by Crippen LogP contribution is 2.43. The van der Waals surface area contributed by atoms with Crippen LogP contribution in [0.3, 0.4) is 0 Å². The number of para-hydroxylation sites is 1. The Kier molecular flexibility index (Phi) is 10.1. The number of aryl methyl sites for hydroxylation is 1. The highest BCUT2D eigenvalue weighted by Gasteiger charge is 2.47. The molecule has 39 heavy (non-hydrogen) atoms. The van der Waals surface area contributed by atoms with E-state index in [1.165, 1.54) is 0 Å². The topological polar surface area (TPSA) is 115 Å². The number of fused-ring (bicyclic) bond motifs is 1. The molecule has 3 unspecified atom stereocenters. The summed E-state index contributed by atoms with van der Waals surface area (Å²) in [5.41, 5.74) is 7.79. The van der Waals surface area contributed by atoms with Crippen LogP contribution < -0.4 is 19.9 Å². The highest BCUT2D eigenvalue weighted by molar-refractivity contribution is 5.79. The zero-order valence-electron chi connectivity index (χ0n) is 23.0. The molecule has 3 atom stereocenters. The number of hydrogen-bond acceptors (Lipinski definition) is 7. The summed E-state index contributed by atoms with van der Waals surface area (Å²) in [5.74, 6) is 0.343. The van der Waals surface area contributed by atoms with Crippen LogP contribution in [-0.4, -0.2) is 79.5 Å². The van der Waals surface area contributed by atoms with E-state index in [-0.39, 0.29) is 31.2 Å². The molecule has 1 amide bonds. The number of hydrogen-bond donors (Lipinski definition) is 2. The second kappa shape index (κ2) is 13.7. The molecule has 212 valence electrons. The largest absolute Gasteiger partial charge is 0.496 e. The van der Waals surface area contributed by atoms with Gasteiger partial charge in [-0.05, 0) is 55.0 Å². The van der Waals surface area contributed by atoms with Gasteiger partial charge in [0.25, 0.3) is 0 Å². The molecule has 2 aromatic rings. The normalized spacial score (nSPS) is 20.2. The van der Waals surface area contributed by atoms with E-state index in [0.29, 0.717) is 44.1 Å². The lowest BCUT2D eigenvalue weighted by molar-refractivity contribution is -0.143. The lowest BCUT2D eigenvalue weighted by Crippen LogP contribution is -2.45. The van der Waals surface area contributed by atoms with E-state index in [9.17, 15) is 14.7 Å². The maximum Gasteiger partial charge on any atom is 0.308 e. The van der Waals surface area contributed by atoms with Crippen LogP contribution in [0.1, 0.15) is 49.7 Å². The Hall–Kier alpha value is -3.30. The summed E-state index contributed by atoms with van der Waals surface area (Å²) in [6.07, 6.45) is 4.08. The van der Waals surface area contributed by atoms with E-state index in [1.54, 1.807) is 7.11 Å². The van der Waals surface area contributed by atoms with Crippen LogP contribution >= 0.6 is 0 Å². The first kappa shape index (κ1) is 28.7. The molecule has 2 aliphatic rings. The van der Waals surface area contributed by atoms with E-state index in [1.807, 2.05) is 47.4 Å². The molecule has 2 heterocycles. The monoisotopic (exact) mass is 539 g/mol. The fourth-order valence-corrected chi connectivity index (χ4v) is 5.88. The van der Waals surface area contributed by atoms with Gasteiger partial charge in [-0.3, -0.25) is 14.5 Å². The molecule has 0 aromatic heterocycles. The van der Waals surface area contributed by atoms with Crippen molar-refractivity contribution in [1.29, 1.82) is 0 Å². The van der Waals surface area contributed by atoms with Crippen molar-refractivity contribution in [1.82, 2.24) is 9.80 Å². The zero-order valence-corrected chi connectivity index (χ0v) is 23.0. The molecule has 0 aliphatic carbocycles.